The molecule has 9 rings (SSSR count). The molecule has 330 valence electrons. The van der Waals surface area contributed by atoms with Crippen molar-refractivity contribution < 1.29 is 53.3 Å². The molecule has 2 fully saturated rings. The Morgan fingerprint density at radius 1 is 0.969 bits per heavy atom. The number of nitrogens with one attached hydrogen (secondary N) is 4. The van der Waals surface area contributed by atoms with Crippen LogP contribution in [0.25, 0.3) is 0 Å². The predicted molar refractivity (Wildman–Crippen MR) is 226 cm³/mol. The van der Waals surface area contributed by atoms with Gasteiger partial charge in [0.25, 0.3) is 5.91 Å². The molecule has 64 heavy (non-hydrogen) atoms. The Balaban J connectivity index is 0.802. The first-order valence-corrected chi connectivity index (χ1v) is 21.0. The van der Waals surface area contributed by atoms with Crippen LogP contribution in [0, 0.1) is 0 Å². The summed E-state index contributed by atoms with van der Waals surface area (Å²) in [7, 11) is 0. The molecular formula is C43H41N9O11S. The summed E-state index contributed by atoms with van der Waals surface area (Å²) in [6.07, 6.45) is 6.94. The Morgan fingerprint density at radius 2 is 1.70 bits per heavy atom. The van der Waals surface area contributed by atoms with E-state index >= 15 is 0 Å². The maximum Gasteiger partial charge on any atom is 0.340 e. The zero-order valence-electron chi connectivity index (χ0n) is 33.9. The number of unbranched alkanes of at least 4 members (excludes halogenated alkanes) is 1. The van der Waals surface area contributed by atoms with Crippen molar-refractivity contribution in [2.24, 2.45) is 0 Å². The van der Waals surface area contributed by atoms with E-state index < -0.39 is 53.4 Å². The Hall–Kier alpha value is -7.55. The van der Waals surface area contributed by atoms with Crippen LogP contribution in [-0.2, 0) is 31.3 Å². The molecule has 3 aromatic carbocycles. The molecule has 1 spiro atoms. The number of amides is 3. The number of hydrogen-bond donors (Lipinski definition) is 7. The first kappa shape index (κ1) is 41.8. The molecule has 20 nitrogen and oxygen atoms in total. The number of ether oxygens (including phenoxy) is 2. The molecule has 1 aliphatic carbocycles. The van der Waals surface area contributed by atoms with Gasteiger partial charge in [0.05, 0.1) is 18.0 Å². The summed E-state index contributed by atoms with van der Waals surface area (Å²) in [5.74, 6) is -2.50. The molecule has 5 aromatic rings. The lowest BCUT2D eigenvalue weighted by Crippen LogP contribution is -2.51. The number of hydrogen-bond acceptors (Lipinski definition) is 14. The van der Waals surface area contributed by atoms with Gasteiger partial charge in [-0.05, 0) is 87.1 Å². The molecule has 1 saturated carbocycles. The molecule has 3 aliphatic heterocycles. The average Bonchev–Trinajstić information content (AvgIpc) is 3.57. The van der Waals surface area contributed by atoms with E-state index in [4.69, 9.17) is 26.2 Å². The predicted octanol–water partition coefficient (Wildman–Crippen LogP) is 3.25. The molecule has 7 N–H and O–H groups in total. The largest absolute Gasteiger partial charge is 0.508 e. The number of aliphatic carboxylic acids is 1. The fraction of sp³-hybridized carbons (Fsp3) is 0.326. The van der Waals surface area contributed by atoms with Crippen molar-refractivity contribution in [2.45, 2.75) is 74.7 Å². The number of phenolic OH excluding ortho intramolecular Hbond substituents is 2. The fourth-order valence-corrected chi connectivity index (χ4v) is 8.73. The summed E-state index contributed by atoms with van der Waals surface area (Å²) in [5, 5.41) is 53.6. The lowest BCUT2D eigenvalue weighted by Gasteiger charge is -2.36. The van der Waals surface area contributed by atoms with Gasteiger partial charge in [-0.2, -0.15) is 0 Å². The summed E-state index contributed by atoms with van der Waals surface area (Å²) < 4.78 is 18.9. The highest BCUT2D eigenvalue weighted by molar-refractivity contribution is 7.80. The monoisotopic (exact) mass is 891 g/mol. The zero-order valence-corrected chi connectivity index (χ0v) is 34.7. The summed E-state index contributed by atoms with van der Waals surface area (Å²) in [4.78, 5) is 67.7. The maximum absolute atomic E-state index is 13.9. The number of thiocarbonyl (C=S) groups is 1. The minimum atomic E-state index is -1.41. The number of esters is 1. The third-order valence-corrected chi connectivity index (χ3v) is 11.9. The average molecular weight is 892 g/mol. The number of likely N-dealkylation sites (tertiary alicyclic amines) is 1. The van der Waals surface area contributed by atoms with Gasteiger partial charge in [0, 0.05) is 65.8 Å². The third-order valence-electron chi connectivity index (χ3n) is 11.6. The number of carbonyl (C=O) groups excluding carboxylic acids is 4. The van der Waals surface area contributed by atoms with Gasteiger partial charge < -0.3 is 55.5 Å². The van der Waals surface area contributed by atoms with E-state index in [0.717, 1.165) is 12.8 Å². The highest BCUT2D eigenvalue weighted by Gasteiger charge is 2.54. The molecule has 0 unspecified atom stereocenters. The molecule has 0 bridgehead atoms. The number of nitrogens with zero attached hydrogens (tertiary/aromatic N) is 5. The van der Waals surface area contributed by atoms with Crippen molar-refractivity contribution in [3.63, 3.8) is 0 Å². The van der Waals surface area contributed by atoms with Crippen molar-refractivity contribution in [1.29, 1.82) is 0 Å². The van der Waals surface area contributed by atoms with Crippen LogP contribution in [0.2, 0.25) is 0 Å². The number of rotatable bonds is 14. The van der Waals surface area contributed by atoms with Gasteiger partial charge in [-0.1, -0.05) is 16.4 Å². The second-order valence-electron chi connectivity index (χ2n) is 16.0. The van der Waals surface area contributed by atoms with Crippen molar-refractivity contribution in [3.05, 3.63) is 107 Å². The Bertz CT molecular complexity index is 2630. The maximum atomic E-state index is 13.9. The minimum Gasteiger partial charge on any atom is -0.508 e. The zero-order chi connectivity index (χ0) is 44.7. The first-order chi connectivity index (χ1) is 30.9. The molecule has 3 amide bonds. The number of phenols is 2. The van der Waals surface area contributed by atoms with Crippen LogP contribution < -0.4 is 26.0 Å². The van der Waals surface area contributed by atoms with Gasteiger partial charge in [-0.3, -0.25) is 14.4 Å². The van der Waals surface area contributed by atoms with Crippen molar-refractivity contribution in [3.8, 4) is 23.0 Å². The second-order valence-corrected chi connectivity index (χ2v) is 16.4. The van der Waals surface area contributed by atoms with Crippen LogP contribution in [-0.4, -0.2) is 106 Å². The SMILES string of the molecule is O=C(Cn1ccnn1)N[C@@H]1C[C@@H](C(=O)N[C@@H](CCCCNC(=S)Nc2ccc3c(c2)C(=O)OC32c3ccc(O)cc3Oc3cc(O)ccc32)C(=O)O)N(C(=O)c2cnoc2C2CC2)C1. The van der Waals surface area contributed by atoms with E-state index in [-0.39, 0.29) is 71.1 Å². The number of fused-ring (bicyclic) bond motifs is 6. The normalized spacial score (nSPS) is 18.2. The van der Waals surface area contributed by atoms with E-state index in [0.29, 0.717) is 47.5 Å². The number of carboxylic acids is 1. The van der Waals surface area contributed by atoms with Crippen LogP contribution in [0.15, 0.2) is 77.7 Å². The quantitative estimate of drug-likeness (QED) is 0.0479. The summed E-state index contributed by atoms with van der Waals surface area (Å²) in [6.45, 7) is 0.225. The standard InChI is InChI=1S/C43H41N9O11S/c53-25-7-10-30-34(17-25)61-35-18-26(54)8-11-31(35)43(30)29-9-6-23(15-27(29)41(60)62-43)48-42(64)44-12-2-1-3-32(40(58)59)49-38(56)33-16-24(47-36(55)21-51-14-13-45-50-51)20-52(33)39(57)28-19-46-63-37(28)22-4-5-22/h6-11,13-15,17-19,22,24,32-33,53-54H,1-5,12,16,20-21H2,(H,47,55)(H,49,56)(H,58,59)(H2,44,48,64)/t24-,32+,33+/m1/s1. The van der Waals surface area contributed by atoms with E-state index in [1.54, 1.807) is 30.3 Å². The second kappa shape index (κ2) is 17.0. The molecule has 3 atom stereocenters. The fourth-order valence-electron chi connectivity index (χ4n) is 8.51. The number of benzene rings is 3. The smallest absolute Gasteiger partial charge is 0.340 e. The molecule has 1 saturated heterocycles. The number of carboxylic acid groups (broad SMARTS) is 1. The van der Waals surface area contributed by atoms with E-state index in [1.807, 2.05) is 0 Å². The molecule has 0 radical (unpaired) electrons. The Labute approximate surface area is 368 Å². The van der Waals surface area contributed by atoms with E-state index in [1.165, 1.54) is 52.4 Å². The van der Waals surface area contributed by atoms with Crippen molar-refractivity contribution in [2.75, 3.05) is 18.4 Å². The van der Waals surface area contributed by atoms with Crippen LogP contribution >= 0.6 is 12.2 Å². The van der Waals surface area contributed by atoms with Gasteiger partial charge >= 0.3 is 11.9 Å². The third kappa shape index (κ3) is 8.12. The Morgan fingerprint density at radius 3 is 2.39 bits per heavy atom. The number of anilines is 1. The van der Waals surface area contributed by atoms with Gasteiger partial charge in [0.1, 0.15) is 47.2 Å². The lowest BCUT2D eigenvalue weighted by atomic mass is 9.77. The molecule has 5 heterocycles. The van der Waals surface area contributed by atoms with Crippen molar-refractivity contribution >= 4 is 52.7 Å². The summed E-state index contributed by atoms with van der Waals surface area (Å²) in [5.41, 5.74) is 1.10. The first-order valence-electron chi connectivity index (χ1n) is 20.6. The number of aromatic hydroxyl groups is 2. The molecule has 21 heteroatoms. The van der Waals surface area contributed by atoms with E-state index in [2.05, 4.69) is 36.7 Å². The molecule has 4 aliphatic rings. The Kier molecular flexibility index (Phi) is 11.1. The minimum absolute atomic E-state index is 0.000298. The van der Waals surface area contributed by atoms with Crippen LogP contribution in [0.1, 0.15) is 87.6 Å². The van der Waals surface area contributed by atoms with Gasteiger partial charge in [-0.25, -0.2) is 14.3 Å². The number of carbonyl (C=O) groups is 5. The van der Waals surface area contributed by atoms with Crippen molar-refractivity contribution in [1.82, 2.24) is 41.0 Å². The summed E-state index contributed by atoms with van der Waals surface area (Å²) in [6, 6.07) is 11.1. The molecular weight excluding hydrogens is 851 g/mol. The van der Waals surface area contributed by atoms with Crippen LogP contribution in [0.3, 0.4) is 0 Å². The van der Waals surface area contributed by atoms with Crippen LogP contribution in [0.5, 0.6) is 23.0 Å². The van der Waals surface area contributed by atoms with E-state index in [9.17, 15) is 39.3 Å². The molecule has 2 aromatic heterocycles. The van der Waals surface area contributed by atoms with Gasteiger partial charge in [-0.15, -0.1) is 5.10 Å². The van der Waals surface area contributed by atoms with Gasteiger partial charge in [0.15, 0.2) is 16.5 Å². The highest BCUT2D eigenvalue weighted by atomic mass is 32.1. The number of aromatic nitrogens is 4. The summed E-state index contributed by atoms with van der Waals surface area (Å²) >= 11 is 5.52. The van der Waals surface area contributed by atoms with Crippen LogP contribution in [0.4, 0.5) is 5.69 Å². The topological polar surface area (TPSA) is 273 Å². The highest BCUT2D eigenvalue weighted by Crippen LogP contribution is 2.57. The van der Waals surface area contributed by atoms with Gasteiger partial charge in [0.2, 0.25) is 11.8 Å². The lowest BCUT2D eigenvalue weighted by molar-refractivity contribution is -0.142.